The van der Waals surface area contributed by atoms with Crippen LogP contribution in [0.2, 0.25) is 0 Å². The number of hydrogen-bond acceptors (Lipinski definition) is 5. The number of nitrogens with zero attached hydrogens (tertiary/aromatic N) is 4. The highest BCUT2D eigenvalue weighted by Crippen LogP contribution is 2.25. The van der Waals surface area contributed by atoms with E-state index in [0.29, 0.717) is 6.04 Å². The number of guanidine groups is 1. The zero-order valence-corrected chi connectivity index (χ0v) is 21.9. The normalized spacial score (nSPS) is 21.6. The Bertz CT molecular complexity index is 859. The Labute approximate surface area is 207 Å². The standard InChI is InChI=1S/C23H33N5OS.HI/c1-4-19-17(2)30-22(26-19)10-11-25-23(24-3)28-15-20-21(16-28)29-13-12-27(20)14-18-8-6-5-7-9-18;/h5-9,20-21H,4,10-16H2,1-3H3,(H,24,25);1H. The van der Waals surface area contributed by atoms with Gasteiger partial charge in [0.2, 0.25) is 0 Å². The summed E-state index contributed by atoms with van der Waals surface area (Å²) in [6, 6.07) is 11.1. The lowest BCUT2D eigenvalue weighted by Crippen LogP contribution is -2.50. The molecule has 6 nitrogen and oxygen atoms in total. The van der Waals surface area contributed by atoms with Crippen molar-refractivity contribution in [1.29, 1.82) is 0 Å². The number of ether oxygens (including phenoxy) is 1. The van der Waals surface area contributed by atoms with Crippen molar-refractivity contribution in [3.05, 3.63) is 51.5 Å². The van der Waals surface area contributed by atoms with E-state index >= 15 is 0 Å². The van der Waals surface area contributed by atoms with Crippen LogP contribution >= 0.6 is 35.3 Å². The third-order valence-electron chi connectivity index (χ3n) is 6.05. The molecule has 2 unspecified atom stereocenters. The third kappa shape index (κ3) is 5.97. The Morgan fingerprint density at radius 2 is 2.10 bits per heavy atom. The molecule has 2 aliphatic heterocycles. The summed E-state index contributed by atoms with van der Waals surface area (Å²) in [5.74, 6) is 0.969. The highest BCUT2D eigenvalue weighted by Gasteiger charge is 2.41. The molecule has 0 spiro atoms. The van der Waals surface area contributed by atoms with E-state index in [4.69, 9.17) is 9.72 Å². The van der Waals surface area contributed by atoms with Gasteiger partial charge in [0.05, 0.1) is 29.5 Å². The Hall–Kier alpha value is -1.23. The van der Waals surface area contributed by atoms with Crippen LogP contribution in [0.1, 0.15) is 28.1 Å². The summed E-state index contributed by atoms with van der Waals surface area (Å²) in [5, 5.41) is 4.76. The van der Waals surface area contributed by atoms with Gasteiger partial charge in [0, 0.05) is 51.1 Å². The molecule has 1 aromatic heterocycles. The molecule has 1 N–H and O–H groups in total. The van der Waals surface area contributed by atoms with Crippen LogP contribution < -0.4 is 5.32 Å². The van der Waals surface area contributed by atoms with Crippen molar-refractivity contribution in [1.82, 2.24) is 20.1 Å². The second-order valence-electron chi connectivity index (χ2n) is 8.03. The Balaban J connectivity index is 0.00000272. The van der Waals surface area contributed by atoms with Gasteiger partial charge >= 0.3 is 0 Å². The number of halogens is 1. The van der Waals surface area contributed by atoms with Crippen LogP contribution in [0.25, 0.3) is 0 Å². The van der Waals surface area contributed by atoms with Crippen LogP contribution in [0.4, 0.5) is 0 Å². The number of morpholine rings is 1. The van der Waals surface area contributed by atoms with Crippen LogP contribution in [0.3, 0.4) is 0 Å². The highest BCUT2D eigenvalue weighted by molar-refractivity contribution is 14.0. The van der Waals surface area contributed by atoms with E-state index in [1.54, 1.807) is 0 Å². The predicted molar refractivity (Wildman–Crippen MR) is 139 cm³/mol. The SMILES string of the molecule is CCc1nc(CCNC(=NC)N2CC3OCCN(Cc4ccccc4)C3C2)sc1C.I. The summed E-state index contributed by atoms with van der Waals surface area (Å²) >= 11 is 1.82. The fraction of sp³-hybridized carbons (Fsp3) is 0.565. The van der Waals surface area contributed by atoms with E-state index in [1.807, 2.05) is 18.4 Å². The average molecular weight is 556 g/mol. The first-order chi connectivity index (χ1) is 14.7. The summed E-state index contributed by atoms with van der Waals surface area (Å²) in [5.41, 5.74) is 2.60. The van der Waals surface area contributed by atoms with Crippen LogP contribution in [-0.2, 0) is 24.1 Å². The van der Waals surface area contributed by atoms with Crippen molar-refractivity contribution in [3.8, 4) is 0 Å². The van der Waals surface area contributed by atoms with E-state index in [0.717, 1.165) is 58.1 Å². The Morgan fingerprint density at radius 1 is 1.29 bits per heavy atom. The molecule has 4 rings (SSSR count). The molecule has 0 bridgehead atoms. The van der Waals surface area contributed by atoms with E-state index in [2.05, 4.69) is 64.3 Å². The van der Waals surface area contributed by atoms with Gasteiger partial charge in [0.25, 0.3) is 0 Å². The van der Waals surface area contributed by atoms with Crippen LogP contribution in [0, 0.1) is 6.92 Å². The highest BCUT2D eigenvalue weighted by atomic mass is 127. The Kier molecular flexibility index (Phi) is 9.12. The van der Waals surface area contributed by atoms with Gasteiger partial charge in [-0.1, -0.05) is 37.3 Å². The molecule has 170 valence electrons. The van der Waals surface area contributed by atoms with Crippen molar-refractivity contribution in [3.63, 3.8) is 0 Å². The molecule has 2 saturated heterocycles. The molecule has 0 aliphatic carbocycles. The molecule has 2 aromatic rings. The molecule has 2 aliphatic rings. The maximum absolute atomic E-state index is 6.12. The van der Waals surface area contributed by atoms with Gasteiger partial charge < -0.3 is 15.0 Å². The number of benzene rings is 1. The van der Waals surface area contributed by atoms with Crippen molar-refractivity contribution in [2.45, 2.75) is 45.4 Å². The number of rotatable bonds is 6. The Morgan fingerprint density at radius 3 is 2.81 bits per heavy atom. The molecule has 0 radical (unpaired) electrons. The molecule has 2 atom stereocenters. The van der Waals surface area contributed by atoms with Crippen molar-refractivity contribution >= 4 is 41.3 Å². The number of hydrogen-bond donors (Lipinski definition) is 1. The second kappa shape index (κ2) is 11.6. The van der Waals surface area contributed by atoms with E-state index in [-0.39, 0.29) is 30.1 Å². The van der Waals surface area contributed by atoms with Crippen LogP contribution in [0.5, 0.6) is 0 Å². The fourth-order valence-corrected chi connectivity index (χ4v) is 5.50. The molecule has 3 heterocycles. The van der Waals surface area contributed by atoms with Crippen LogP contribution in [0.15, 0.2) is 35.3 Å². The lowest BCUT2D eigenvalue weighted by Gasteiger charge is -2.36. The number of fused-ring (bicyclic) bond motifs is 1. The summed E-state index contributed by atoms with van der Waals surface area (Å²) in [6.45, 7) is 9.80. The quantitative estimate of drug-likeness (QED) is 0.337. The van der Waals surface area contributed by atoms with E-state index in [1.165, 1.54) is 21.1 Å². The molecule has 0 amide bonds. The minimum Gasteiger partial charge on any atom is -0.373 e. The number of nitrogens with one attached hydrogen (secondary N) is 1. The van der Waals surface area contributed by atoms with Gasteiger partial charge in [-0.2, -0.15) is 0 Å². The molecule has 2 fully saturated rings. The summed E-state index contributed by atoms with van der Waals surface area (Å²) in [4.78, 5) is 15.6. The summed E-state index contributed by atoms with van der Waals surface area (Å²) in [6.07, 6.45) is 2.18. The van der Waals surface area contributed by atoms with E-state index in [9.17, 15) is 0 Å². The van der Waals surface area contributed by atoms with E-state index < -0.39 is 0 Å². The maximum Gasteiger partial charge on any atom is 0.193 e. The van der Waals surface area contributed by atoms with Gasteiger partial charge in [-0.25, -0.2) is 4.98 Å². The van der Waals surface area contributed by atoms with Crippen molar-refractivity contribution in [2.24, 2.45) is 4.99 Å². The first kappa shape index (κ1) is 24.4. The second-order valence-corrected chi connectivity index (χ2v) is 9.31. The van der Waals surface area contributed by atoms with Gasteiger partial charge in [-0.15, -0.1) is 35.3 Å². The number of aryl methyl sites for hydroxylation is 2. The van der Waals surface area contributed by atoms with Crippen molar-refractivity contribution in [2.75, 3.05) is 39.8 Å². The molecule has 0 saturated carbocycles. The first-order valence-corrected chi connectivity index (χ1v) is 11.8. The fourth-order valence-electron chi connectivity index (χ4n) is 4.48. The smallest absolute Gasteiger partial charge is 0.193 e. The molecule has 1 aromatic carbocycles. The summed E-state index contributed by atoms with van der Waals surface area (Å²) in [7, 11) is 1.87. The zero-order chi connectivity index (χ0) is 20.9. The third-order valence-corrected chi connectivity index (χ3v) is 7.12. The molecule has 8 heteroatoms. The monoisotopic (exact) mass is 555 g/mol. The van der Waals surface area contributed by atoms with Gasteiger partial charge in [-0.05, 0) is 18.9 Å². The molecule has 31 heavy (non-hydrogen) atoms. The van der Waals surface area contributed by atoms with Gasteiger partial charge in [-0.3, -0.25) is 9.89 Å². The van der Waals surface area contributed by atoms with Gasteiger partial charge in [0.15, 0.2) is 5.96 Å². The van der Waals surface area contributed by atoms with Gasteiger partial charge in [0.1, 0.15) is 0 Å². The number of likely N-dealkylation sites (tertiary alicyclic amines) is 1. The molecular formula is C23H34IN5OS. The number of aliphatic imine (C=N–C) groups is 1. The molecular weight excluding hydrogens is 521 g/mol. The number of aromatic nitrogens is 1. The topological polar surface area (TPSA) is 53.0 Å². The first-order valence-electron chi connectivity index (χ1n) is 11.0. The maximum atomic E-state index is 6.12. The minimum absolute atomic E-state index is 0. The minimum atomic E-state index is 0. The zero-order valence-electron chi connectivity index (χ0n) is 18.7. The lowest BCUT2D eigenvalue weighted by atomic mass is 10.1. The largest absolute Gasteiger partial charge is 0.373 e. The van der Waals surface area contributed by atoms with Crippen LogP contribution in [-0.4, -0.2) is 72.7 Å². The van der Waals surface area contributed by atoms with Crippen molar-refractivity contribution < 1.29 is 4.74 Å². The predicted octanol–water partition coefficient (Wildman–Crippen LogP) is 3.34. The average Bonchev–Trinajstić information content (AvgIpc) is 3.35. The number of thiazole rings is 1. The summed E-state index contributed by atoms with van der Waals surface area (Å²) < 4.78 is 6.12. The lowest BCUT2D eigenvalue weighted by molar-refractivity contribution is -0.0502.